The third-order valence-electron chi connectivity index (χ3n) is 4.58. The molecule has 23 heavy (non-hydrogen) atoms. The minimum atomic E-state index is -3.39. The van der Waals surface area contributed by atoms with Crippen molar-refractivity contribution in [2.45, 2.75) is 16.1 Å². The Morgan fingerprint density at radius 2 is 1.78 bits per heavy atom. The van der Waals surface area contributed by atoms with Crippen LogP contribution in [0.25, 0.3) is 0 Å². The molecule has 2 aromatic rings. The number of hydrogen-bond donors (Lipinski definition) is 1. The van der Waals surface area contributed by atoms with Crippen molar-refractivity contribution in [3.63, 3.8) is 0 Å². The Balaban J connectivity index is 1.68. The van der Waals surface area contributed by atoms with E-state index in [1.54, 1.807) is 24.3 Å². The van der Waals surface area contributed by atoms with Gasteiger partial charge in [0.25, 0.3) is 0 Å². The van der Waals surface area contributed by atoms with E-state index in [1.165, 1.54) is 0 Å². The topological polar surface area (TPSA) is 78.6 Å². The molecule has 120 valence electrons. The highest BCUT2D eigenvalue weighted by atomic mass is 32.2. The Labute approximate surface area is 134 Å². The predicted octanol–water partition coefficient (Wildman–Crippen LogP) is 1.93. The zero-order valence-electron chi connectivity index (χ0n) is 12.4. The lowest BCUT2D eigenvalue weighted by atomic mass is 10.1. The SMILES string of the molecule is NC[C@H]1[C@H](c2ccc3c(c2)OCO3)[C@@H]1S(=O)(=O)c1ccccc1. The Kier molecular flexibility index (Phi) is 3.32. The van der Waals surface area contributed by atoms with Gasteiger partial charge in [-0.05, 0) is 42.3 Å². The van der Waals surface area contributed by atoms with Crippen molar-refractivity contribution in [2.24, 2.45) is 11.7 Å². The van der Waals surface area contributed by atoms with Crippen molar-refractivity contribution >= 4 is 9.84 Å². The van der Waals surface area contributed by atoms with Crippen LogP contribution in [0.1, 0.15) is 11.5 Å². The van der Waals surface area contributed by atoms with Crippen LogP contribution in [0.5, 0.6) is 11.5 Å². The fourth-order valence-corrected chi connectivity index (χ4v) is 5.62. The Bertz CT molecular complexity index is 835. The van der Waals surface area contributed by atoms with Crippen LogP contribution in [0.15, 0.2) is 53.4 Å². The fourth-order valence-electron chi connectivity index (χ4n) is 3.37. The first kappa shape index (κ1) is 14.5. The lowest BCUT2D eigenvalue weighted by Crippen LogP contribution is -2.13. The molecule has 2 aliphatic rings. The van der Waals surface area contributed by atoms with Gasteiger partial charge in [0.2, 0.25) is 6.79 Å². The highest BCUT2D eigenvalue weighted by Crippen LogP contribution is 2.54. The zero-order valence-corrected chi connectivity index (χ0v) is 13.2. The first-order chi connectivity index (χ1) is 11.1. The first-order valence-electron chi connectivity index (χ1n) is 7.51. The van der Waals surface area contributed by atoms with E-state index in [-0.39, 0.29) is 18.6 Å². The summed E-state index contributed by atoms with van der Waals surface area (Å²) in [5.41, 5.74) is 6.76. The van der Waals surface area contributed by atoms with Crippen LogP contribution < -0.4 is 15.2 Å². The molecule has 5 nitrogen and oxygen atoms in total. The van der Waals surface area contributed by atoms with Crippen molar-refractivity contribution in [1.82, 2.24) is 0 Å². The van der Waals surface area contributed by atoms with Gasteiger partial charge in [0.05, 0.1) is 10.1 Å². The van der Waals surface area contributed by atoms with E-state index in [9.17, 15) is 8.42 Å². The van der Waals surface area contributed by atoms with Gasteiger partial charge in [-0.3, -0.25) is 0 Å². The van der Waals surface area contributed by atoms with Gasteiger partial charge in [-0.1, -0.05) is 24.3 Å². The third kappa shape index (κ3) is 2.29. The van der Waals surface area contributed by atoms with Crippen LogP contribution in [0.2, 0.25) is 0 Å². The smallest absolute Gasteiger partial charge is 0.231 e. The van der Waals surface area contributed by atoms with Gasteiger partial charge in [-0.15, -0.1) is 0 Å². The van der Waals surface area contributed by atoms with Crippen molar-refractivity contribution in [3.8, 4) is 11.5 Å². The van der Waals surface area contributed by atoms with Crippen molar-refractivity contribution in [3.05, 3.63) is 54.1 Å². The maximum absolute atomic E-state index is 12.9. The first-order valence-corrected chi connectivity index (χ1v) is 9.06. The van der Waals surface area contributed by atoms with Gasteiger partial charge in [-0.2, -0.15) is 0 Å². The molecule has 2 aromatic carbocycles. The lowest BCUT2D eigenvalue weighted by Gasteiger charge is -2.05. The Morgan fingerprint density at radius 1 is 1.04 bits per heavy atom. The van der Waals surface area contributed by atoms with Gasteiger partial charge in [0, 0.05) is 5.92 Å². The fraction of sp³-hybridized carbons (Fsp3) is 0.294. The molecule has 3 atom stereocenters. The number of hydrogen-bond acceptors (Lipinski definition) is 5. The van der Waals surface area contributed by atoms with E-state index in [1.807, 2.05) is 24.3 Å². The summed E-state index contributed by atoms with van der Waals surface area (Å²) in [5, 5.41) is -0.477. The highest BCUT2D eigenvalue weighted by Gasteiger charge is 2.58. The zero-order chi connectivity index (χ0) is 16.0. The number of fused-ring (bicyclic) bond motifs is 1. The summed E-state index contributed by atoms with van der Waals surface area (Å²) < 4.78 is 36.4. The molecule has 1 aliphatic heterocycles. The standard InChI is InChI=1S/C17H17NO4S/c18-9-13-16(11-6-7-14-15(8-11)22-10-21-14)17(13)23(19,20)12-4-2-1-3-5-12/h1-8,13,16-17H,9-10,18H2/t13-,16-,17+/m0/s1. The molecule has 0 amide bonds. The summed E-state index contributed by atoms with van der Waals surface area (Å²) in [6, 6.07) is 14.2. The molecule has 1 heterocycles. The van der Waals surface area contributed by atoms with Crippen molar-refractivity contribution in [1.29, 1.82) is 0 Å². The molecule has 0 spiro atoms. The van der Waals surface area contributed by atoms with Crippen LogP contribution in [-0.2, 0) is 9.84 Å². The van der Waals surface area contributed by atoms with E-state index in [0.717, 1.165) is 5.56 Å². The molecule has 0 bridgehead atoms. The summed E-state index contributed by atoms with van der Waals surface area (Å²) in [7, 11) is -3.39. The predicted molar refractivity (Wildman–Crippen MR) is 85.3 cm³/mol. The summed E-state index contributed by atoms with van der Waals surface area (Å²) in [6.45, 7) is 0.547. The van der Waals surface area contributed by atoms with E-state index in [2.05, 4.69) is 0 Å². The quantitative estimate of drug-likeness (QED) is 0.926. The molecule has 1 aliphatic carbocycles. The molecule has 0 saturated heterocycles. The number of nitrogens with two attached hydrogens (primary N) is 1. The van der Waals surface area contributed by atoms with Crippen LogP contribution in [0.4, 0.5) is 0 Å². The maximum Gasteiger partial charge on any atom is 0.231 e. The minimum absolute atomic E-state index is 0.0689. The molecular weight excluding hydrogens is 314 g/mol. The van der Waals surface area contributed by atoms with E-state index in [4.69, 9.17) is 15.2 Å². The molecule has 1 fully saturated rings. The number of sulfone groups is 1. The van der Waals surface area contributed by atoms with E-state index >= 15 is 0 Å². The second-order valence-corrected chi connectivity index (χ2v) is 7.97. The molecule has 0 unspecified atom stereocenters. The molecule has 2 N–H and O–H groups in total. The van der Waals surface area contributed by atoms with Crippen LogP contribution in [0, 0.1) is 5.92 Å². The van der Waals surface area contributed by atoms with Gasteiger partial charge in [0.15, 0.2) is 21.3 Å². The molecule has 1 saturated carbocycles. The minimum Gasteiger partial charge on any atom is -0.454 e. The molecule has 6 heteroatoms. The third-order valence-corrected chi connectivity index (χ3v) is 6.87. The van der Waals surface area contributed by atoms with Gasteiger partial charge < -0.3 is 15.2 Å². The second kappa shape index (κ2) is 5.25. The van der Waals surface area contributed by atoms with Crippen molar-refractivity contribution < 1.29 is 17.9 Å². The average Bonchev–Trinajstić information content (AvgIpc) is 3.15. The Hall–Kier alpha value is -2.05. The molecule has 0 aromatic heterocycles. The lowest BCUT2D eigenvalue weighted by molar-refractivity contribution is 0.174. The Morgan fingerprint density at radius 3 is 2.52 bits per heavy atom. The second-order valence-electron chi connectivity index (χ2n) is 5.86. The summed E-state index contributed by atoms with van der Waals surface area (Å²) in [4.78, 5) is 0.353. The summed E-state index contributed by atoms with van der Waals surface area (Å²) in [6.07, 6.45) is 0. The average molecular weight is 331 g/mol. The maximum atomic E-state index is 12.9. The van der Waals surface area contributed by atoms with Crippen LogP contribution >= 0.6 is 0 Å². The van der Waals surface area contributed by atoms with Gasteiger partial charge in [-0.25, -0.2) is 8.42 Å². The number of ether oxygens (including phenoxy) is 2. The van der Waals surface area contributed by atoms with Crippen LogP contribution in [-0.4, -0.2) is 27.0 Å². The number of benzene rings is 2. The molecule has 0 radical (unpaired) electrons. The largest absolute Gasteiger partial charge is 0.454 e. The summed E-state index contributed by atoms with van der Waals surface area (Å²) >= 11 is 0. The normalized spacial score (nSPS) is 25.3. The van der Waals surface area contributed by atoms with Crippen LogP contribution in [0.3, 0.4) is 0 Å². The molecular formula is C17H17NO4S. The monoisotopic (exact) mass is 331 g/mol. The van der Waals surface area contributed by atoms with Gasteiger partial charge >= 0.3 is 0 Å². The summed E-state index contributed by atoms with van der Waals surface area (Å²) in [5.74, 6) is 1.20. The molecule has 4 rings (SSSR count). The van der Waals surface area contributed by atoms with Gasteiger partial charge in [0.1, 0.15) is 0 Å². The van der Waals surface area contributed by atoms with E-state index < -0.39 is 15.1 Å². The van der Waals surface area contributed by atoms with Crippen molar-refractivity contribution in [2.75, 3.05) is 13.3 Å². The highest BCUT2D eigenvalue weighted by molar-refractivity contribution is 7.92. The van der Waals surface area contributed by atoms with E-state index in [0.29, 0.717) is 22.9 Å². The number of rotatable bonds is 4.